The molecule has 0 saturated heterocycles. The van der Waals surface area contributed by atoms with Crippen molar-refractivity contribution in [1.82, 2.24) is 0 Å². The van der Waals surface area contributed by atoms with E-state index in [0.29, 0.717) is 6.61 Å². The third kappa shape index (κ3) is 98.8. The minimum absolute atomic E-state index is 0. The van der Waals surface area contributed by atoms with Gasteiger partial charge in [-0.25, -0.2) is 0 Å². The molecule has 0 aromatic carbocycles. The average molecular weight is 129 g/mol. The maximum atomic E-state index is 8.00. The van der Waals surface area contributed by atoms with Crippen LogP contribution in [0.4, 0.5) is 0 Å². The van der Waals surface area contributed by atoms with Crippen LogP contribution >= 0.6 is 0 Å². The Bertz CT molecular complexity index is 33.7. The number of aliphatic hydroxyl groups excluding tert-OH is 1. The van der Waals surface area contributed by atoms with E-state index in [2.05, 4.69) is 0 Å². The summed E-state index contributed by atoms with van der Waals surface area (Å²) >= 11 is 0. The summed E-state index contributed by atoms with van der Waals surface area (Å²) < 4.78 is 0. The molecule has 0 unspecified atom stereocenters. The Morgan fingerprint density at radius 2 is 1.88 bits per heavy atom. The van der Waals surface area contributed by atoms with Gasteiger partial charge in [-0.15, -0.1) is 5.34 Å². The van der Waals surface area contributed by atoms with Gasteiger partial charge in [0.2, 0.25) is 0 Å². The van der Waals surface area contributed by atoms with Crippen molar-refractivity contribution >= 4 is 0 Å². The molecule has 0 rings (SSSR count). The van der Waals surface area contributed by atoms with Crippen LogP contribution in [0.3, 0.4) is 0 Å². The summed E-state index contributed by atoms with van der Waals surface area (Å²) in [4.78, 5) is 8.00. The molecular formula is C3H8NNaO3. The first-order chi connectivity index (χ1) is 3.33. The van der Waals surface area contributed by atoms with Crippen LogP contribution in [0.25, 0.3) is 0 Å². The quantitative estimate of drug-likeness (QED) is 0.244. The van der Waals surface area contributed by atoms with E-state index in [1.807, 2.05) is 6.92 Å². The summed E-state index contributed by atoms with van der Waals surface area (Å²) in [7, 11) is 0. The minimum atomic E-state index is 0. The van der Waals surface area contributed by atoms with E-state index in [1.165, 1.54) is 0 Å². The molecule has 0 fully saturated rings. The molecule has 0 aromatic rings. The topological polar surface area (TPSA) is 72.7 Å². The fourth-order valence-electron chi connectivity index (χ4n) is 0. The molecule has 0 aliphatic rings. The van der Waals surface area contributed by atoms with Crippen LogP contribution in [0.15, 0.2) is 5.34 Å². The van der Waals surface area contributed by atoms with Gasteiger partial charge in [0.25, 0.3) is 0 Å². The van der Waals surface area contributed by atoms with Crippen molar-refractivity contribution in [2.75, 3.05) is 6.61 Å². The van der Waals surface area contributed by atoms with Gasteiger partial charge in [-0.3, -0.25) is 0 Å². The van der Waals surface area contributed by atoms with Gasteiger partial charge < -0.3 is 15.2 Å². The van der Waals surface area contributed by atoms with Crippen LogP contribution in [0.2, 0.25) is 0 Å². The van der Waals surface area contributed by atoms with Crippen molar-refractivity contribution in [3.8, 4) is 0 Å². The van der Waals surface area contributed by atoms with Gasteiger partial charge in [0.15, 0.2) is 0 Å². The van der Waals surface area contributed by atoms with E-state index in [1.54, 1.807) is 0 Å². The van der Waals surface area contributed by atoms with E-state index in [0.717, 1.165) is 11.8 Å². The Morgan fingerprint density at radius 1 is 1.75 bits per heavy atom. The Labute approximate surface area is 70.1 Å². The normalized spacial score (nSPS) is 5.25. The van der Waals surface area contributed by atoms with Crippen molar-refractivity contribution in [2.45, 2.75) is 13.3 Å². The van der Waals surface area contributed by atoms with Crippen LogP contribution in [0, 0.1) is 10.1 Å². The van der Waals surface area contributed by atoms with E-state index >= 15 is 0 Å². The van der Waals surface area contributed by atoms with Crippen LogP contribution in [0.5, 0.6) is 0 Å². The molecule has 0 atom stereocenters. The first-order valence-corrected chi connectivity index (χ1v) is 1.89. The van der Waals surface area contributed by atoms with Crippen LogP contribution in [-0.2, 0) is 0 Å². The van der Waals surface area contributed by atoms with Crippen LogP contribution < -0.4 is 29.6 Å². The van der Waals surface area contributed by atoms with Crippen LogP contribution in [0.1, 0.15) is 13.3 Å². The first-order valence-electron chi connectivity index (χ1n) is 1.89. The standard InChI is InChI=1S/C3H8O.HNO2.Na/c1-2-3-4;2-1-3;/h4H,2-3H2,1H3;(H,2,3);/q;;+1/p-1. The SMILES string of the molecule is CCCO.O=N[O-].[Na+]. The molecule has 4 nitrogen and oxygen atoms in total. The number of rotatable bonds is 1. The Morgan fingerprint density at radius 3 is 1.88 bits per heavy atom. The molecule has 0 saturated carbocycles. The van der Waals surface area contributed by atoms with E-state index < -0.39 is 0 Å². The number of aliphatic hydroxyl groups is 1. The Hall–Kier alpha value is 0.360. The molecule has 0 aromatic heterocycles. The zero-order valence-corrected chi connectivity index (χ0v) is 7.13. The van der Waals surface area contributed by atoms with Crippen molar-refractivity contribution in [3.63, 3.8) is 0 Å². The van der Waals surface area contributed by atoms with E-state index in [9.17, 15) is 0 Å². The molecule has 5 heteroatoms. The van der Waals surface area contributed by atoms with Crippen molar-refractivity contribution in [3.05, 3.63) is 10.1 Å². The molecular weight excluding hydrogens is 121 g/mol. The van der Waals surface area contributed by atoms with Gasteiger partial charge in [-0.05, 0) is 6.42 Å². The summed E-state index contributed by atoms with van der Waals surface area (Å²) in [5, 5.41) is 16.9. The third-order valence-electron chi connectivity index (χ3n) is 0.224. The average Bonchev–Trinajstić information content (AvgIpc) is 1.69. The van der Waals surface area contributed by atoms with Gasteiger partial charge in [-0.2, -0.15) is 0 Å². The smallest absolute Gasteiger partial charge is 0.444 e. The van der Waals surface area contributed by atoms with Gasteiger partial charge in [-0.1, -0.05) is 6.92 Å². The van der Waals surface area contributed by atoms with Crippen molar-refractivity contribution < 1.29 is 34.7 Å². The monoisotopic (exact) mass is 129 g/mol. The Kier molecular flexibility index (Phi) is 52.0. The summed E-state index contributed by atoms with van der Waals surface area (Å²) in [6.07, 6.45) is 0.875. The maximum Gasteiger partial charge on any atom is 1.00 e. The van der Waals surface area contributed by atoms with Gasteiger partial charge in [0, 0.05) is 6.61 Å². The molecule has 0 spiro atoms. The van der Waals surface area contributed by atoms with Gasteiger partial charge in [0.05, 0.1) is 0 Å². The fraction of sp³-hybridized carbons (Fsp3) is 1.00. The predicted octanol–water partition coefficient (Wildman–Crippen LogP) is -2.36. The molecule has 0 aliphatic heterocycles. The number of nitrogens with zero attached hydrogens (tertiary/aromatic N) is 1. The predicted molar refractivity (Wildman–Crippen MR) is 26.5 cm³/mol. The third-order valence-corrected chi connectivity index (χ3v) is 0.224. The second-order valence-corrected chi connectivity index (χ2v) is 0.798. The molecule has 0 amide bonds. The molecule has 0 heterocycles. The minimum Gasteiger partial charge on any atom is -0.444 e. The number of hydrogen-bond donors (Lipinski definition) is 1. The molecule has 0 radical (unpaired) electrons. The first kappa shape index (κ1) is 15.8. The van der Waals surface area contributed by atoms with Crippen molar-refractivity contribution in [1.29, 1.82) is 0 Å². The zero-order valence-electron chi connectivity index (χ0n) is 5.13. The summed E-state index contributed by atoms with van der Waals surface area (Å²) in [5.74, 6) is 0. The summed E-state index contributed by atoms with van der Waals surface area (Å²) in [6, 6.07) is 0. The van der Waals surface area contributed by atoms with E-state index in [-0.39, 0.29) is 29.6 Å². The molecule has 0 aliphatic carbocycles. The second kappa shape index (κ2) is 26.4. The summed E-state index contributed by atoms with van der Waals surface area (Å²) in [5.41, 5.74) is 0. The zero-order chi connectivity index (χ0) is 6.12. The molecule has 44 valence electrons. The van der Waals surface area contributed by atoms with Gasteiger partial charge >= 0.3 is 29.6 Å². The Balaban J connectivity index is -0.0000000575. The maximum absolute atomic E-state index is 8.00. The molecule has 1 N–H and O–H groups in total. The van der Waals surface area contributed by atoms with Gasteiger partial charge in [0.1, 0.15) is 0 Å². The second-order valence-electron chi connectivity index (χ2n) is 0.798. The van der Waals surface area contributed by atoms with E-state index in [4.69, 9.17) is 15.2 Å². The van der Waals surface area contributed by atoms with Crippen LogP contribution in [-0.4, -0.2) is 11.7 Å². The summed E-state index contributed by atoms with van der Waals surface area (Å²) in [6.45, 7) is 2.25. The van der Waals surface area contributed by atoms with Crippen molar-refractivity contribution in [2.24, 2.45) is 5.34 Å². The molecule has 0 bridgehead atoms. The molecule has 8 heavy (non-hydrogen) atoms. The largest absolute Gasteiger partial charge is 1.00 e. The fourth-order valence-corrected chi connectivity index (χ4v) is 0. The number of hydrogen-bond acceptors (Lipinski definition) is 4.